The summed E-state index contributed by atoms with van der Waals surface area (Å²) >= 11 is 0. The van der Waals surface area contributed by atoms with Gasteiger partial charge in [0.05, 0.1) is 6.42 Å². The second kappa shape index (κ2) is 11.7. The number of carbonyl (C=O) groups is 6. The first-order chi connectivity index (χ1) is 20.0. The van der Waals surface area contributed by atoms with E-state index in [9.17, 15) is 28.8 Å². The van der Waals surface area contributed by atoms with Gasteiger partial charge in [-0.2, -0.15) is 0 Å². The number of benzene rings is 2. The molecule has 0 aromatic heterocycles. The van der Waals surface area contributed by atoms with E-state index >= 15 is 0 Å². The van der Waals surface area contributed by atoms with Crippen molar-refractivity contribution in [2.45, 2.75) is 78.8 Å². The van der Waals surface area contributed by atoms with Gasteiger partial charge in [0.25, 0.3) is 0 Å². The fourth-order valence-corrected chi connectivity index (χ4v) is 5.04. The van der Waals surface area contributed by atoms with Crippen LogP contribution < -0.4 is 23.7 Å². The van der Waals surface area contributed by atoms with E-state index in [2.05, 4.69) is 0 Å². The van der Waals surface area contributed by atoms with Gasteiger partial charge in [-0.3, -0.25) is 28.8 Å². The fraction of sp³-hybridized carbons (Fsp3) is 0.400. The van der Waals surface area contributed by atoms with E-state index in [1.165, 1.54) is 45.9 Å². The van der Waals surface area contributed by atoms with Gasteiger partial charge in [-0.05, 0) is 31.5 Å². The third kappa shape index (κ3) is 6.76. The van der Waals surface area contributed by atoms with Crippen LogP contribution in [0.3, 0.4) is 0 Å². The standard InChI is InChI=1S/C30H30O13/c1-13(31)37-19-10-23(38-14(2)32)26-21(36)12-22(41-24(26)11-19)18-8-20-27(25(9-18)39-15(3)33)42-29(28(20)40-16(4)34)30(6,7)43-17(5)35/h8-11,22,28-29H,12H2,1-7H3/t22-,28+,29-/m1/s1. The van der Waals surface area contributed by atoms with Crippen LogP contribution in [0.25, 0.3) is 0 Å². The Morgan fingerprint density at radius 2 is 1.40 bits per heavy atom. The number of Topliss-reactive ketones (excluding diaryl/α,β-unsaturated/α-hetero) is 1. The summed E-state index contributed by atoms with van der Waals surface area (Å²) in [6, 6.07) is 5.57. The van der Waals surface area contributed by atoms with Gasteiger partial charge in [-0.1, -0.05) is 0 Å². The molecule has 228 valence electrons. The lowest BCUT2D eigenvalue weighted by atomic mass is 9.90. The number of hydrogen-bond acceptors (Lipinski definition) is 13. The molecule has 13 heteroatoms. The van der Waals surface area contributed by atoms with Crippen molar-refractivity contribution in [2.24, 2.45) is 0 Å². The number of ether oxygens (including phenoxy) is 7. The lowest BCUT2D eigenvalue weighted by molar-refractivity contribution is -0.174. The van der Waals surface area contributed by atoms with Gasteiger partial charge >= 0.3 is 29.8 Å². The first-order valence-electron chi connectivity index (χ1n) is 13.2. The van der Waals surface area contributed by atoms with Gasteiger partial charge in [0.2, 0.25) is 0 Å². The summed E-state index contributed by atoms with van der Waals surface area (Å²) in [5, 5.41) is 0. The maximum absolute atomic E-state index is 13.4. The predicted octanol–water partition coefficient (Wildman–Crippen LogP) is 3.88. The number of carbonyl (C=O) groups excluding carboxylic acids is 6. The van der Waals surface area contributed by atoms with Crippen LogP contribution in [0.15, 0.2) is 24.3 Å². The Kier molecular flexibility index (Phi) is 8.47. The van der Waals surface area contributed by atoms with Crippen LogP contribution in [0.1, 0.15) is 88.6 Å². The molecular formula is C30H30O13. The van der Waals surface area contributed by atoms with Crippen LogP contribution in [-0.4, -0.2) is 47.3 Å². The molecular weight excluding hydrogens is 568 g/mol. The zero-order chi connectivity index (χ0) is 31.8. The molecule has 2 aliphatic rings. The minimum absolute atomic E-state index is 0.0203. The van der Waals surface area contributed by atoms with E-state index in [-0.39, 0.29) is 46.3 Å². The number of hydrogen-bond donors (Lipinski definition) is 0. The second-order valence-corrected chi connectivity index (χ2v) is 10.5. The van der Waals surface area contributed by atoms with E-state index in [0.29, 0.717) is 5.56 Å². The predicted molar refractivity (Wildman–Crippen MR) is 144 cm³/mol. The van der Waals surface area contributed by atoms with Crippen LogP contribution in [0, 0.1) is 0 Å². The lowest BCUT2D eigenvalue weighted by Crippen LogP contribution is -2.46. The van der Waals surface area contributed by atoms with Gasteiger partial charge in [-0.25, -0.2) is 0 Å². The van der Waals surface area contributed by atoms with Gasteiger partial charge in [-0.15, -0.1) is 0 Å². The van der Waals surface area contributed by atoms with Crippen molar-refractivity contribution in [2.75, 3.05) is 0 Å². The van der Waals surface area contributed by atoms with E-state index in [4.69, 9.17) is 33.2 Å². The molecule has 2 aliphatic heterocycles. The van der Waals surface area contributed by atoms with Crippen LogP contribution in [0.2, 0.25) is 0 Å². The Balaban J connectivity index is 1.83. The third-order valence-electron chi connectivity index (χ3n) is 6.42. The minimum Gasteiger partial charge on any atom is -0.484 e. The van der Waals surface area contributed by atoms with E-state index in [0.717, 1.165) is 6.92 Å². The Labute approximate surface area is 246 Å². The fourth-order valence-electron chi connectivity index (χ4n) is 5.04. The molecule has 0 saturated heterocycles. The molecule has 0 bridgehead atoms. The van der Waals surface area contributed by atoms with Gasteiger partial charge < -0.3 is 33.2 Å². The van der Waals surface area contributed by atoms with Crippen molar-refractivity contribution in [1.82, 2.24) is 0 Å². The summed E-state index contributed by atoms with van der Waals surface area (Å²) in [7, 11) is 0. The number of ketones is 1. The molecule has 0 unspecified atom stereocenters. The van der Waals surface area contributed by atoms with E-state index in [1.807, 2.05) is 0 Å². The first kappa shape index (κ1) is 31.0. The van der Waals surface area contributed by atoms with Gasteiger partial charge in [0.1, 0.15) is 34.5 Å². The molecule has 0 N–H and O–H groups in total. The maximum Gasteiger partial charge on any atom is 0.308 e. The monoisotopic (exact) mass is 598 g/mol. The summed E-state index contributed by atoms with van der Waals surface area (Å²) in [4.78, 5) is 72.7. The van der Waals surface area contributed by atoms with E-state index in [1.54, 1.807) is 19.9 Å². The average Bonchev–Trinajstić information content (AvgIpc) is 3.20. The van der Waals surface area contributed by atoms with Crippen LogP contribution >= 0.6 is 0 Å². The van der Waals surface area contributed by atoms with E-state index < -0.39 is 59.5 Å². The molecule has 0 radical (unpaired) electrons. The SMILES string of the molecule is CC(=O)Oc1cc(OC(C)=O)c2c(c1)O[C@@H](c1cc(OC(C)=O)c3c(c1)[C@H](OC(C)=O)[C@H](C(C)(C)OC(C)=O)O3)CC2=O. The zero-order valence-electron chi connectivity index (χ0n) is 24.6. The van der Waals surface area contributed by atoms with Crippen molar-refractivity contribution in [3.8, 4) is 28.7 Å². The van der Waals surface area contributed by atoms with Crippen LogP contribution in [0.4, 0.5) is 0 Å². The molecule has 0 saturated carbocycles. The average molecular weight is 599 g/mol. The van der Waals surface area contributed by atoms with Crippen molar-refractivity contribution >= 4 is 35.6 Å². The topological polar surface area (TPSA) is 167 Å². The number of rotatable bonds is 7. The number of esters is 5. The summed E-state index contributed by atoms with van der Waals surface area (Å²) in [6.07, 6.45) is -3.34. The van der Waals surface area contributed by atoms with Crippen LogP contribution in [-0.2, 0) is 33.4 Å². The molecule has 2 heterocycles. The normalized spacial score (nSPS) is 18.7. The Morgan fingerprint density at radius 1 is 0.767 bits per heavy atom. The highest BCUT2D eigenvalue weighted by Gasteiger charge is 2.50. The molecule has 4 rings (SSSR count). The Bertz CT molecular complexity index is 1540. The first-order valence-corrected chi connectivity index (χ1v) is 13.2. The van der Waals surface area contributed by atoms with Crippen molar-refractivity contribution in [3.63, 3.8) is 0 Å². The molecule has 0 amide bonds. The van der Waals surface area contributed by atoms with Gasteiger partial charge in [0.15, 0.2) is 29.5 Å². The zero-order valence-corrected chi connectivity index (χ0v) is 24.6. The van der Waals surface area contributed by atoms with Crippen molar-refractivity contribution in [3.05, 3.63) is 41.0 Å². The lowest BCUT2D eigenvalue weighted by Gasteiger charge is -2.33. The summed E-state index contributed by atoms with van der Waals surface area (Å²) < 4.78 is 39.1. The van der Waals surface area contributed by atoms with Crippen molar-refractivity contribution < 1.29 is 61.9 Å². The highest BCUT2D eigenvalue weighted by molar-refractivity contribution is 6.03. The molecule has 2 aromatic carbocycles. The maximum atomic E-state index is 13.4. The summed E-state index contributed by atoms with van der Waals surface area (Å²) in [5.74, 6) is -3.90. The largest absolute Gasteiger partial charge is 0.484 e. The molecule has 43 heavy (non-hydrogen) atoms. The third-order valence-corrected chi connectivity index (χ3v) is 6.42. The smallest absolute Gasteiger partial charge is 0.308 e. The number of fused-ring (bicyclic) bond motifs is 2. The van der Waals surface area contributed by atoms with Crippen LogP contribution in [0.5, 0.6) is 28.7 Å². The summed E-state index contributed by atoms with van der Waals surface area (Å²) in [5.41, 5.74) is -0.694. The molecule has 3 atom stereocenters. The molecule has 13 nitrogen and oxygen atoms in total. The highest BCUT2D eigenvalue weighted by Crippen LogP contribution is 2.51. The molecule has 0 aliphatic carbocycles. The molecule has 2 aromatic rings. The molecule has 0 spiro atoms. The van der Waals surface area contributed by atoms with Crippen molar-refractivity contribution in [1.29, 1.82) is 0 Å². The summed E-state index contributed by atoms with van der Waals surface area (Å²) in [6.45, 7) is 9.10. The second-order valence-electron chi connectivity index (χ2n) is 10.5. The minimum atomic E-state index is -1.30. The Hall–Kier alpha value is -4.94. The van der Waals surface area contributed by atoms with Gasteiger partial charge in [0, 0.05) is 52.3 Å². The highest BCUT2D eigenvalue weighted by atomic mass is 16.6. The Morgan fingerprint density at radius 3 is 1.98 bits per heavy atom. The quantitative estimate of drug-likeness (QED) is 0.333. The molecule has 0 fully saturated rings.